The zero-order chi connectivity index (χ0) is 13.6. The Hall–Kier alpha value is -1.29. The van der Waals surface area contributed by atoms with Crippen LogP contribution in [0.25, 0.3) is 0 Å². The molecule has 1 aromatic rings. The summed E-state index contributed by atoms with van der Waals surface area (Å²) < 4.78 is 26.4. The van der Waals surface area contributed by atoms with E-state index in [0.29, 0.717) is 11.8 Å². The highest BCUT2D eigenvalue weighted by Crippen LogP contribution is 2.48. The van der Waals surface area contributed by atoms with Gasteiger partial charge in [0.2, 0.25) is 0 Å². The number of ketones is 1. The van der Waals surface area contributed by atoms with E-state index in [2.05, 4.69) is 0 Å². The second-order valence-corrected chi connectivity index (χ2v) is 5.82. The molecule has 4 atom stereocenters. The minimum absolute atomic E-state index is 0.00482. The van der Waals surface area contributed by atoms with Gasteiger partial charge < -0.3 is 5.73 Å². The molecule has 4 heteroatoms. The Morgan fingerprint density at radius 2 is 2.00 bits per heavy atom. The first kappa shape index (κ1) is 12.7. The van der Waals surface area contributed by atoms with Crippen LogP contribution >= 0.6 is 0 Å². The lowest BCUT2D eigenvalue weighted by Gasteiger charge is -2.26. The van der Waals surface area contributed by atoms with Crippen molar-refractivity contribution in [3.05, 3.63) is 35.4 Å². The Morgan fingerprint density at radius 1 is 1.26 bits per heavy atom. The highest BCUT2D eigenvalue weighted by atomic mass is 19.1. The second kappa shape index (κ2) is 4.67. The maximum atomic E-state index is 13.6. The summed E-state index contributed by atoms with van der Waals surface area (Å²) in [6, 6.07) is 3.28. The summed E-state index contributed by atoms with van der Waals surface area (Å²) in [6.45, 7) is 0. The molecule has 2 saturated carbocycles. The minimum atomic E-state index is -0.648. The number of carbonyl (C=O) groups is 1. The summed E-state index contributed by atoms with van der Waals surface area (Å²) in [7, 11) is 0. The zero-order valence-electron chi connectivity index (χ0n) is 10.6. The van der Waals surface area contributed by atoms with Crippen LogP contribution in [-0.4, -0.2) is 11.8 Å². The van der Waals surface area contributed by atoms with Gasteiger partial charge in [0.25, 0.3) is 0 Å². The maximum Gasteiger partial charge on any atom is 0.142 e. The van der Waals surface area contributed by atoms with Gasteiger partial charge in [-0.05, 0) is 42.7 Å². The highest BCUT2D eigenvalue weighted by molar-refractivity contribution is 5.84. The summed E-state index contributed by atoms with van der Waals surface area (Å²) in [4.78, 5) is 12.3. The molecule has 0 saturated heterocycles. The number of hydrogen-bond acceptors (Lipinski definition) is 2. The molecule has 0 radical (unpaired) electrons. The predicted molar refractivity (Wildman–Crippen MR) is 67.4 cm³/mol. The second-order valence-electron chi connectivity index (χ2n) is 5.82. The van der Waals surface area contributed by atoms with E-state index in [-0.39, 0.29) is 29.7 Å². The van der Waals surface area contributed by atoms with Crippen LogP contribution in [-0.2, 0) is 11.2 Å². The predicted octanol–water partition coefficient (Wildman–Crippen LogP) is 2.45. The van der Waals surface area contributed by atoms with Crippen molar-refractivity contribution in [3.63, 3.8) is 0 Å². The fraction of sp³-hybridized carbons (Fsp3) is 0.533. The number of fused-ring (bicyclic) bond motifs is 2. The van der Waals surface area contributed by atoms with Crippen LogP contribution in [0.4, 0.5) is 8.78 Å². The van der Waals surface area contributed by atoms with Gasteiger partial charge in [0.1, 0.15) is 17.4 Å². The normalized spacial score (nSPS) is 32.8. The lowest BCUT2D eigenvalue weighted by molar-refractivity contribution is -0.124. The van der Waals surface area contributed by atoms with Crippen LogP contribution in [0.15, 0.2) is 18.2 Å². The molecule has 0 spiro atoms. The Kier molecular flexibility index (Phi) is 3.13. The highest BCUT2D eigenvalue weighted by Gasteiger charge is 2.48. The lowest BCUT2D eigenvalue weighted by atomic mass is 9.80. The van der Waals surface area contributed by atoms with E-state index >= 15 is 0 Å². The van der Waals surface area contributed by atoms with E-state index in [1.807, 2.05) is 0 Å². The van der Waals surface area contributed by atoms with Crippen molar-refractivity contribution in [3.8, 4) is 0 Å². The van der Waals surface area contributed by atoms with E-state index in [9.17, 15) is 13.6 Å². The van der Waals surface area contributed by atoms with Crippen molar-refractivity contribution in [2.75, 3.05) is 0 Å². The van der Waals surface area contributed by atoms with Crippen LogP contribution < -0.4 is 5.73 Å². The number of Topliss-reactive ketones (excluding diaryl/α,β-unsaturated/α-hetero) is 1. The number of rotatable bonds is 3. The largest absolute Gasteiger partial charge is 0.327 e. The molecule has 2 N–H and O–H groups in total. The zero-order valence-corrected chi connectivity index (χ0v) is 10.6. The van der Waals surface area contributed by atoms with Gasteiger partial charge in [0.15, 0.2) is 0 Å². The molecule has 0 heterocycles. The molecule has 19 heavy (non-hydrogen) atoms. The number of nitrogens with two attached hydrogens (primary N) is 1. The van der Waals surface area contributed by atoms with Crippen molar-refractivity contribution in [1.29, 1.82) is 0 Å². The number of hydrogen-bond donors (Lipinski definition) is 1. The van der Waals surface area contributed by atoms with Crippen LogP contribution in [0.3, 0.4) is 0 Å². The maximum absolute atomic E-state index is 13.6. The van der Waals surface area contributed by atoms with Gasteiger partial charge in [-0.1, -0.05) is 6.07 Å². The fourth-order valence-electron chi connectivity index (χ4n) is 3.78. The van der Waals surface area contributed by atoms with Gasteiger partial charge in [-0.15, -0.1) is 0 Å². The Morgan fingerprint density at radius 3 is 2.63 bits per heavy atom. The van der Waals surface area contributed by atoms with Crippen molar-refractivity contribution >= 4 is 5.78 Å². The first-order valence-electron chi connectivity index (χ1n) is 6.78. The fourth-order valence-corrected chi connectivity index (χ4v) is 3.78. The Bertz CT molecular complexity index is 515. The summed E-state index contributed by atoms with van der Waals surface area (Å²) in [5.74, 6) is -0.572. The molecule has 1 aromatic carbocycles. The molecule has 0 aliphatic heterocycles. The molecule has 0 aromatic heterocycles. The topological polar surface area (TPSA) is 43.1 Å². The molecule has 4 unspecified atom stereocenters. The van der Waals surface area contributed by atoms with Crippen molar-refractivity contribution < 1.29 is 13.6 Å². The molecule has 3 rings (SSSR count). The first-order chi connectivity index (χ1) is 9.06. The third kappa shape index (κ3) is 2.18. The van der Waals surface area contributed by atoms with E-state index < -0.39 is 11.6 Å². The lowest BCUT2D eigenvalue weighted by Crippen LogP contribution is -2.40. The molecule has 2 bridgehead atoms. The van der Waals surface area contributed by atoms with E-state index in [1.54, 1.807) is 0 Å². The third-order valence-corrected chi connectivity index (χ3v) is 4.73. The standard InChI is InChI=1S/C15H17F2NO/c16-11-4-3-8(12(17)7-11)6-13(19)14-9-1-2-10(5-9)15(14)18/h3-4,7,9-10,14-15H,1-2,5-6,18H2. The molecule has 0 amide bonds. The van der Waals surface area contributed by atoms with Gasteiger partial charge >= 0.3 is 0 Å². The molecule has 2 fully saturated rings. The molecule has 2 aliphatic rings. The summed E-state index contributed by atoms with van der Waals surface area (Å²) >= 11 is 0. The summed E-state index contributed by atoms with van der Waals surface area (Å²) in [5.41, 5.74) is 6.37. The first-order valence-corrected chi connectivity index (χ1v) is 6.78. The van der Waals surface area contributed by atoms with Gasteiger partial charge in [-0.25, -0.2) is 8.78 Å². The van der Waals surface area contributed by atoms with Crippen LogP contribution in [0.2, 0.25) is 0 Å². The Labute approximate surface area is 111 Å². The van der Waals surface area contributed by atoms with E-state index in [4.69, 9.17) is 5.73 Å². The molecule has 102 valence electrons. The average Bonchev–Trinajstić information content (AvgIpc) is 2.93. The summed E-state index contributed by atoms with van der Waals surface area (Å²) in [5, 5.41) is 0. The summed E-state index contributed by atoms with van der Waals surface area (Å²) in [6.07, 6.45) is 3.22. The monoisotopic (exact) mass is 265 g/mol. The quantitative estimate of drug-likeness (QED) is 0.912. The van der Waals surface area contributed by atoms with Crippen molar-refractivity contribution in [1.82, 2.24) is 0 Å². The van der Waals surface area contributed by atoms with Crippen molar-refractivity contribution in [2.45, 2.75) is 31.7 Å². The van der Waals surface area contributed by atoms with Gasteiger partial charge in [-0.2, -0.15) is 0 Å². The smallest absolute Gasteiger partial charge is 0.142 e. The minimum Gasteiger partial charge on any atom is -0.327 e. The van der Waals surface area contributed by atoms with Crippen LogP contribution in [0.5, 0.6) is 0 Å². The van der Waals surface area contributed by atoms with Gasteiger partial charge in [0, 0.05) is 24.4 Å². The van der Waals surface area contributed by atoms with Crippen LogP contribution in [0.1, 0.15) is 24.8 Å². The van der Waals surface area contributed by atoms with Crippen molar-refractivity contribution in [2.24, 2.45) is 23.5 Å². The SMILES string of the molecule is NC1C2CCC(C2)C1C(=O)Cc1ccc(F)cc1F. The Balaban J connectivity index is 1.75. The van der Waals surface area contributed by atoms with Gasteiger partial charge in [-0.3, -0.25) is 4.79 Å². The van der Waals surface area contributed by atoms with Crippen LogP contribution in [0, 0.1) is 29.4 Å². The van der Waals surface area contributed by atoms with E-state index in [1.165, 1.54) is 12.1 Å². The third-order valence-electron chi connectivity index (χ3n) is 4.73. The average molecular weight is 265 g/mol. The number of benzene rings is 1. The number of carbonyl (C=O) groups excluding carboxylic acids is 1. The van der Waals surface area contributed by atoms with Gasteiger partial charge in [0.05, 0.1) is 0 Å². The molecular weight excluding hydrogens is 248 g/mol. The molecule has 2 nitrogen and oxygen atoms in total. The van der Waals surface area contributed by atoms with E-state index in [0.717, 1.165) is 25.3 Å². The molecular formula is C15H17F2NO. The molecule has 2 aliphatic carbocycles. The number of halogens is 2.